The van der Waals surface area contributed by atoms with Gasteiger partial charge in [-0.25, -0.2) is 14.4 Å². The molecule has 3 atom stereocenters. The van der Waals surface area contributed by atoms with Gasteiger partial charge in [0, 0.05) is 39.1 Å². The average Bonchev–Trinajstić information content (AvgIpc) is 3.80. The smallest absolute Gasteiger partial charge is 0.475 e. The van der Waals surface area contributed by atoms with E-state index in [1.54, 1.807) is 47.4 Å². The second-order valence-electron chi connectivity index (χ2n) is 16.9. The number of guanidine groups is 2. The number of carboxylic acids is 3. The van der Waals surface area contributed by atoms with Crippen molar-refractivity contribution >= 4 is 88.2 Å². The summed E-state index contributed by atoms with van der Waals surface area (Å²) in [6, 6.07) is 11.1. The van der Waals surface area contributed by atoms with Crippen molar-refractivity contribution in [3.05, 3.63) is 54.1 Å². The number of piperidine rings is 1. The number of benzene rings is 2. The topological polar surface area (TPSA) is 439 Å². The number of aliphatic carboxylic acids is 3. The molecule has 2 aliphatic heterocycles. The van der Waals surface area contributed by atoms with Gasteiger partial charge in [0.1, 0.15) is 12.1 Å². The van der Waals surface area contributed by atoms with Crippen LogP contribution in [0.25, 0.3) is 0 Å². The summed E-state index contributed by atoms with van der Waals surface area (Å²) in [5, 5.41) is 37.5. The van der Waals surface area contributed by atoms with Crippen LogP contribution in [0.5, 0.6) is 0 Å². The van der Waals surface area contributed by atoms with Gasteiger partial charge in [-0.3, -0.25) is 58.7 Å². The Labute approximate surface area is 453 Å². The number of nitrogens with one attached hydrogen (secondary N) is 6. The van der Waals surface area contributed by atoms with Crippen molar-refractivity contribution in [2.45, 2.75) is 95.1 Å². The van der Waals surface area contributed by atoms with Crippen molar-refractivity contribution in [3.63, 3.8) is 0 Å². The number of anilines is 3. The minimum Gasteiger partial charge on any atom is -0.475 e. The van der Waals surface area contributed by atoms with Crippen molar-refractivity contribution in [2.75, 3.05) is 49.5 Å². The van der Waals surface area contributed by atoms with E-state index in [4.69, 9.17) is 52.6 Å². The minimum atomic E-state index is -5.08. The number of hydrogen-bond donors (Lipinski definition) is 13. The number of carboxylic acid groups (broad SMARTS) is 3. The molecule has 2 aliphatic rings. The molecule has 0 bridgehead atoms. The van der Waals surface area contributed by atoms with E-state index in [9.17, 15) is 73.1 Å². The first-order chi connectivity index (χ1) is 37.5. The van der Waals surface area contributed by atoms with Crippen LogP contribution in [-0.4, -0.2) is 173 Å². The Morgan fingerprint density at radius 3 is 1.60 bits per heavy atom. The Kier molecular flexibility index (Phi) is 28.5. The van der Waals surface area contributed by atoms with Crippen LogP contribution in [0.3, 0.4) is 0 Å². The third-order valence-electron chi connectivity index (χ3n) is 10.5. The molecule has 27 nitrogen and oxygen atoms in total. The maximum atomic E-state index is 14.0. The lowest BCUT2D eigenvalue weighted by molar-refractivity contribution is -0.193. The predicted molar refractivity (Wildman–Crippen MR) is 267 cm³/mol. The molecule has 0 spiro atoms. The third-order valence-corrected chi connectivity index (χ3v) is 10.5. The zero-order valence-electron chi connectivity index (χ0n) is 42.8. The number of aliphatic imine (C=N–C) groups is 2. The van der Waals surface area contributed by atoms with Gasteiger partial charge in [-0.15, -0.1) is 0 Å². The van der Waals surface area contributed by atoms with Crippen LogP contribution >= 0.6 is 0 Å². The number of carbonyl (C=O) groups is 10. The van der Waals surface area contributed by atoms with Crippen LogP contribution in [0.1, 0.15) is 62.7 Å². The lowest BCUT2D eigenvalue weighted by Crippen LogP contribution is -2.55. The van der Waals surface area contributed by atoms with Crippen LogP contribution in [0, 0.1) is 0 Å². The van der Waals surface area contributed by atoms with Gasteiger partial charge in [0.15, 0.2) is 11.9 Å². The summed E-state index contributed by atoms with van der Waals surface area (Å²) in [5.74, 6) is -12.1. The number of fused-ring (bicyclic) bond motifs is 2. The molecular weight excluding hydrogens is 1120 g/mol. The Morgan fingerprint density at radius 2 is 1.14 bits per heavy atom. The summed E-state index contributed by atoms with van der Waals surface area (Å²) in [5.41, 5.74) is 23.6. The normalized spacial score (nSPS) is 14.3. The van der Waals surface area contributed by atoms with E-state index in [0.29, 0.717) is 67.8 Å². The van der Waals surface area contributed by atoms with E-state index in [-0.39, 0.29) is 55.8 Å². The van der Waals surface area contributed by atoms with Gasteiger partial charge in [0.25, 0.3) is 5.91 Å². The molecule has 36 heteroatoms. The highest BCUT2D eigenvalue weighted by atomic mass is 19.4. The third kappa shape index (κ3) is 27.1. The molecule has 2 aromatic rings. The highest BCUT2D eigenvalue weighted by Gasteiger charge is 2.40. The lowest BCUT2D eigenvalue weighted by atomic mass is 10.0. The molecule has 0 aliphatic carbocycles. The summed E-state index contributed by atoms with van der Waals surface area (Å²) >= 11 is 0. The van der Waals surface area contributed by atoms with Crippen molar-refractivity contribution in [2.24, 2.45) is 32.9 Å². The molecule has 2 heterocycles. The van der Waals surface area contributed by atoms with Crippen LogP contribution in [-0.2, 0) is 43.2 Å². The van der Waals surface area contributed by atoms with Crippen LogP contribution in [0.4, 0.5) is 56.6 Å². The highest BCUT2D eigenvalue weighted by Crippen LogP contribution is 2.38. The summed E-state index contributed by atoms with van der Waals surface area (Å²) in [7, 11) is 0. The van der Waals surface area contributed by atoms with E-state index in [1.165, 1.54) is 6.92 Å². The van der Waals surface area contributed by atoms with Gasteiger partial charge in [0.05, 0.1) is 41.8 Å². The van der Waals surface area contributed by atoms with E-state index in [1.807, 2.05) is 11.0 Å². The fourth-order valence-electron chi connectivity index (χ4n) is 6.80. The Balaban J connectivity index is 0.00000131. The summed E-state index contributed by atoms with van der Waals surface area (Å²) < 4.78 is 95.2. The van der Waals surface area contributed by atoms with Crippen LogP contribution < -0.4 is 59.7 Å². The molecule has 0 aromatic heterocycles. The van der Waals surface area contributed by atoms with Gasteiger partial charge in [0.2, 0.25) is 35.4 Å². The van der Waals surface area contributed by atoms with Crippen molar-refractivity contribution in [1.29, 1.82) is 0 Å². The van der Waals surface area contributed by atoms with Crippen molar-refractivity contribution < 1.29 is 103 Å². The summed E-state index contributed by atoms with van der Waals surface area (Å²) in [6.45, 7) is 3.80. The number of nitrogens with zero attached hydrogens (tertiary/aromatic N) is 4. The number of imide groups is 1. The molecule has 1 saturated heterocycles. The van der Waals surface area contributed by atoms with Gasteiger partial charge >= 0.3 is 36.4 Å². The molecule has 0 saturated carbocycles. The fraction of sp³-hybridized carbons (Fsp3) is 0.467. The molecular formula is C45H59F9N14O13. The minimum absolute atomic E-state index is 0.0764. The van der Waals surface area contributed by atoms with E-state index < -0.39 is 90.6 Å². The number of halogens is 9. The fourth-order valence-corrected chi connectivity index (χ4v) is 6.80. The molecule has 17 N–H and O–H groups in total. The monoisotopic (exact) mass is 1170 g/mol. The van der Waals surface area contributed by atoms with Crippen LogP contribution in [0.15, 0.2) is 58.5 Å². The van der Waals surface area contributed by atoms with E-state index in [2.05, 4.69) is 41.9 Å². The molecule has 7 amide bonds. The standard InChI is InChI=1S/C39H56N14O7.3C2HF3O2/c1-23(34(57)51-29(37(60)48-24(2)54)12-8-18-45-39(42)43)47-32(55)21-46-36(59)28(11-7-17-44-38(40)41)49-25-15-19-52(20-16-25)22-33(56)53-30-13-5-3-9-26(30)35(58)50-27-10-4-6-14-31(27)53;3*3-2(4,5)1(6)7/h3-6,9-10,13-14,23,25,28-29,49H,7-8,11-12,15-22H2,1-2H3,(H,46,59)(H,47,55)(H,50,58)(H,51,57)(H4,40,41,44)(H4,42,43,45)(H,48,54,60);3*(H,6,7)/t23-,28-,29-;;;/m0.../s1. The molecule has 1 fully saturated rings. The highest BCUT2D eigenvalue weighted by molar-refractivity contribution is 6.18. The largest absolute Gasteiger partial charge is 0.490 e. The quantitative estimate of drug-likeness (QED) is 0.0384. The summed E-state index contributed by atoms with van der Waals surface area (Å²) in [4.78, 5) is 128. The number of likely N-dealkylation sites (tertiary alicyclic amines) is 1. The van der Waals surface area contributed by atoms with Gasteiger partial charge in [-0.2, -0.15) is 39.5 Å². The maximum Gasteiger partial charge on any atom is 0.490 e. The number of alkyl halides is 9. The lowest BCUT2D eigenvalue weighted by Gasteiger charge is -2.35. The number of hydrogen-bond acceptors (Lipinski definition) is 14. The maximum absolute atomic E-state index is 14.0. The number of amides is 7. The number of para-hydroxylation sites is 3. The Bertz CT molecular complexity index is 2530. The zero-order chi connectivity index (χ0) is 62.0. The zero-order valence-corrected chi connectivity index (χ0v) is 42.8. The summed E-state index contributed by atoms with van der Waals surface area (Å²) in [6.07, 6.45) is -12.8. The second-order valence-corrected chi connectivity index (χ2v) is 16.9. The molecule has 81 heavy (non-hydrogen) atoms. The molecule has 0 radical (unpaired) electrons. The van der Waals surface area contributed by atoms with Crippen molar-refractivity contribution in [1.82, 2.24) is 31.5 Å². The van der Waals surface area contributed by atoms with E-state index in [0.717, 1.165) is 6.92 Å². The molecule has 2 aromatic carbocycles. The first kappa shape index (κ1) is 70.2. The van der Waals surface area contributed by atoms with Gasteiger partial charge in [-0.1, -0.05) is 24.3 Å². The predicted octanol–water partition coefficient (Wildman–Crippen LogP) is 0.115. The average molecular weight is 1180 g/mol. The molecule has 450 valence electrons. The van der Waals surface area contributed by atoms with Crippen LogP contribution in [0.2, 0.25) is 0 Å². The van der Waals surface area contributed by atoms with Gasteiger partial charge < -0.3 is 64.8 Å². The SMILES string of the molecule is CC(=O)NC(=O)[C@H](CCCN=C(N)N)NC(=O)[C@H](C)NC(=O)CNC(=O)[C@H](CCCN=C(N)N)NC1CCN(CC(=O)N2c3ccccc3NC(=O)c3ccccc32)CC1.O=C(O)C(F)(F)F.O=C(O)C(F)(F)F.O=C(O)C(F)(F)F. The first-order valence-electron chi connectivity index (χ1n) is 23.5. The Morgan fingerprint density at radius 1 is 0.679 bits per heavy atom. The number of carbonyl (C=O) groups excluding carboxylic acids is 7. The first-order valence-corrected chi connectivity index (χ1v) is 23.5. The molecule has 0 unspecified atom stereocenters. The number of rotatable bonds is 19. The van der Waals surface area contributed by atoms with Crippen molar-refractivity contribution in [3.8, 4) is 0 Å². The van der Waals surface area contributed by atoms with Gasteiger partial charge in [-0.05, 0) is 69.7 Å². The second kappa shape index (κ2) is 32.9. The van der Waals surface area contributed by atoms with E-state index >= 15 is 0 Å². The molecule has 4 rings (SSSR count). The Hall–Kier alpha value is -8.83. The number of nitrogens with two attached hydrogens (primary N) is 4.